The number of carbonyl (C=O) groups excluding carboxylic acids is 3. The maximum absolute atomic E-state index is 15.5. The molecular weight excluding hydrogens is 755 g/mol. The van der Waals surface area contributed by atoms with Crippen molar-refractivity contribution in [2.45, 2.75) is 116 Å². The minimum absolute atomic E-state index is 0.0620. The number of methoxy groups -OCH3 is 1. The lowest BCUT2D eigenvalue weighted by Crippen LogP contribution is -2.52. The summed E-state index contributed by atoms with van der Waals surface area (Å²) >= 11 is 0. The summed E-state index contributed by atoms with van der Waals surface area (Å²) in [5.41, 5.74) is 4.28. The van der Waals surface area contributed by atoms with E-state index in [1.807, 2.05) is 70.5 Å². The highest BCUT2D eigenvalue weighted by Gasteiger charge is 2.66. The standard InChI is InChI=1S/C49H65N3O6Si/c1-35(2)16-15-17-36(3)27-29-52-43-26-21-39(51-28-14-9-8-13-20-45(51)54)32-42(43)49(48(52)56)37(4)47(59(6,7)41-24-22-40(57-5)23-25-41)44(58-49)33-46(55)50(30-31-53)34-38-18-11-10-12-19-38/h10-12,16,18-19,21-27,32,37,44,47,53H,8-9,13-15,17,20,28-31,33-34H2,1-7H3/b36-27+/t37-,44+,47-,49+/m1/s1. The fraction of sp³-hybridized carbons (Fsp3) is 0.490. The molecule has 9 nitrogen and oxygen atoms in total. The van der Waals surface area contributed by atoms with Crippen molar-refractivity contribution < 1.29 is 29.0 Å². The lowest BCUT2D eigenvalue weighted by Gasteiger charge is -2.37. The Hall–Kier alpha value is -4.51. The van der Waals surface area contributed by atoms with E-state index in [1.54, 1.807) is 12.0 Å². The van der Waals surface area contributed by atoms with E-state index >= 15 is 4.79 Å². The summed E-state index contributed by atoms with van der Waals surface area (Å²) in [7, 11) is -0.892. The van der Waals surface area contributed by atoms with Gasteiger partial charge in [-0.1, -0.05) is 104 Å². The molecule has 10 heteroatoms. The predicted molar refractivity (Wildman–Crippen MR) is 240 cm³/mol. The summed E-state index contributed by atoms with van der Waals surface area (Å²) in [6.07, 6.45) is 10.1. The highest BCUT2D eigenvalue weighted by molar-refractivity contribution is 6.91. The molecule has 0 bridgehead atoms. The third-order valence-electron chi connectivity index (χ3n) is 13.0. The number of carbonyl (C=O) groups is 3. The highest BCUT2D eigenvalue weighted by atomic mass is 28.3. The molecule has 4 atom stereocenters. The zero-order valence-electron chi connectivity index (χ0n) is 36.3. The quantitative estimate of drug-likeness (QED) is 0.122. The average Bonchev–Trinajstić information content (AvgIpc) is 3.64. The molecule has 316 valence electrons. The molecule has 3 aliphatic heterocycles. The van der Waals surface area contributed by atoms with Crippen LogP contribution in [0.2, 0.25) is 18.6 Å². The minimum Gasteiger partial charge on any atom is -0.497 e. The summed E-state index contributed by atoms with van der Waals surface area (Å²) in [5, 5.41) is 11.3. The summed E-state index contributed by atoms with van der Waals surface area (Å²) < 4.78 is 12.9. The topological polar surface area (TPSA) is 99.6 Å². The van der Waals surface area contributed by atoms with E-state index in [-0.39, 0.29) is 48.8 Å². The van der Waals surface area contributed by atoms with Gasteiger partial charge in [0.15, 0.2) is 5.60 Å². The number of hydrogen-bond donors (Lipinski definition) is 1. The zero-order chi connectivity index (χ0) is 42.3. The molecule has 3 aromatic rings. The molecule has 3 aromatic carbocycles. The molecule has 3 aliphatic rings. The first kappa shape index (κ1) is 44.0. The number of fused-ring (bicyclic) bond motifs is 2. The van der Waals surface area contributed by atoms with Crippen molar-refractivity contribution in [3.05, 3.63) is 107 Å². The van der Waals surface area contributed by atoms with Crippen molar-refractivity contribution in [2.24, 2.45) is 5.92 Å². The molecule has 6 rings (SSSR count). The second-order valence-electron chi connectivity index (χ2n) is 17.6. The Bertz CT molecular complexity index is 2010. The predicted octanol–water partition coefficient (Wildman–Crippen LogP) is 8.66. The van der Waals surface area contributed by atoms with Gasteiger partial charge in [0.25, 0.3) is 5.91 Å². The van der Waals surface area contributed by atoms with Crippen molar-refractivity contribution in [1.82, 2.24) is 4.90 Å². The number of amides is 3. The van der Waals surface area contributed by atoms with Crippen LogP contribution in [0.5, 0.6) is 5.75 Å². The molecule has 0 saturated carbocycles. The highest BCUT2D eigenvalue weighted by Crippen LogP contribution is 2.60. The SMILES string of the molecule is COc1ccc([Si](C)(C)[C@H]2[C@H](CC(=O)N(CCO)Cc3ccccc3)O[C@@]3(C(=O)N(C/C=C(\C)CCC=C(C)C)c4ccc(N5CCCCCCC5=O)cc43)[C@@H]2C)cc1. The molecule has 3 amide bonds. The number of hydrogen-bond acceptors (Lipinski definition) is 6. The number of nitrogens with zero attached hydrogens (tertiary/aromatic N) is 3. The van der Waals surface area contributed by atoms with Gasteiger partial charge in [-0.2, -0.15) is 0 Å². The number of rotatable bonds is 15. The largest absolute Gasteiger partial charge is 0.497 e. The van der Waals surface area contributed by atoms with Crippen molar-refractivity contribution in [3.8, 4) is 5.75 Å². The normalized spacial score (nSPS) is 22.3. The van der Waals surface area contributed by atoms with E-state index in [9.17, 15) is 14.7 Å². The van der Waals surface area contributed by atoms with Crippen LogP contribution >= 0.6 is 0 Å². The van der Waals surface area contributed by atoms with Gasteiger partial charge in [-0.25, -0.2) is 0 Å². The maximum atomic E-state index is 15.5. The third kappa shape index (κ3) is 9.45. The van der Waals surface area contributed by atoms with Gasteiger partial charge in [0, 0.05) is 49.8 Å². The molecule has 0 unspecified atom stereocenters. The van der Waals surface area contributed by atoms with Crippen LogP contribution < -0.4 is 19.7 Å². The number of aliphatic hydroxyl groups excluding tert-OH is 1. The van der Waals surface area contributed by atoms with Crippen LogP contribution in [0.15, 0.2) is 96.1 Å². The second-order valence-corrected chi connectivity index (χ2v) is 22.3. The van der Waals surface area contributed by atoms with E-state index in [1.165, 1.54) is 16.3 Å². The Labute approximate surface area is 353 Å². The molecule has 1 N–H and O–H groups in total. The molecule has 0 aromatic heterocycles. The van der Waals surface area contributed by atoms with Gasteiger partial charge in [-0.3, -0.25) is 14.4 Å². The third-order valence-corrected chi connectivity index (χ3v) is 17.3. The Morgan fingerprint density at radius 1 is 0.983 bits per heavy atom. The smallest absolute Gasteiger partial charge is 0.264 e. The van der Waals surface area contributed by atoms with Crippen molar-refractivity contribution in [3.63, 3.8) is 0 Å². The van der Waals surface area contributed by atoms with Gasteiger partial charge in [0.2, 0.25) is 11.8 Å². The lowest BCUT2D eigenvalue weighted by molar-refractivity contribution is -0.149. The average molecular weight is 820 g/mol. The van der Waals surface area contributed by atoms with Crippen LogP contribution in [-0.2, 0) is 31.3 Å². The monoisotopic (exact) mass is 819 g/mol. The van der Waals surface area contributed by atoms with Gasteiger partial charge >= 0.3 is 0 Å². The first-order chi connectivity index (χ1) is 28.3. The summed E-state index contributed by atoms with van der Waals surface area (Å²) in [6.45, 7) is 14.5. The molecular formula is C49H65N3O6Si. The molecule has 0 radical (unpaired) electrons. The molecule has 59 heavy (non-hydrogen) atoms. The van der Waals surface area contributed by atoms with Crippen LogP contribution in [0, 0.1) is 5.92 Å². The molecule has 2 saturated heterocycles. The summed E-state index contributed by atoms with van der Waals surface area (Å²) in [4.78, 5) is 49.2. The summed E-state index contributed by atoms with van der Waals surface area (Å²) in [5.74, 6) is 0.303. The fourth-order valence-electron chi connectivity index (χ4n) is 9.74. The summed E-state index contributed by atoms with van der Waals surface area (Å²) in [6, 6.07) is 24.1. The number of aliphatic hydroxyl groups is 1. The van der Waals surface area contributed by atoms with Crippen LogP contribution in [-0.4, -0.2) is 75.3 Å². The van der Waals surface area contributed by atoms with E-state index in [2.05, 4.69) is 65.1 Å². The van der Waals surface area contributed by atoms with E-state index in [0.717, 1.165) is 66.8 Å². The molecule has 3 heterocycles. The van der Waals surface area contributed by atoms with Crippen LogP contribution in [0.1, 0.15) is 90.2 Å². The zero-order valence-corrected chi connectivity index (χ0v) is 37.3. The Balaban J connectivity index is 1.46. The van der Waals surface area contributed by atoms with E-state index in [0.29, 0.717) is 26.1 Å². The van der Waals surface area contributed by atoms with Gasteiger partial charge in [0.05, 0.1) is 40.0 Å². The number of allylic oxidation sites excluding steroid dienone is 3. The molecule has 0 aliphatic carbocycles. The lowest BCUT2D eigenvalue weighted by atomic mass is 9.82. The van der Waals surface area contributed by atoms with Crippen LogP contribution in [0.3, 0.4) is 0 Å². The Morgan fingerprint density at radius 2 is 1.71 bits per heavy atom. The first-order valence-electron chi connectivity index (χ1n) is 21.6. The van der Waals surface area contributed by atoms with Crippen LogP contribution in [0.4, 0.5) is 11.4 Å². The maximum Gasteiger partial charge on any atom is 0.264 e. The second kappa shape index (κ2) is 19.3. The van der Waals surface area contributed by atoms with Gasteiger partial charge in [-0.15, -0.1) is 0 Å². The van der Waals surface area contributed by atoms with Crippen LogP contribution in [0.25, 0.3) is 0 Å². The van der Waals surface area contributed by atoms with Gasteiger partial charge in [0.1, 0.15) is 5.75 Å². The minimum atomic E-state index is -2.55. The first-order valence-corrected chi connectivity index (χ1v) is 24.7. The number of ether oxygens (including phenoxy) is 2. The Kier molecular flexibility index (Phi) is 14.4. The van der Waals surface area contributed by atoms with Crippen molar-refractivity contribution in [1.29, 1.82) is 0 Å². The number of benzene rings is 3. The van der Waals surface area contributed by atoms with Crippen molar-refractivity contribution >= 4 is 42.4 Å². The molecule has 1 spiro atoms. The van der Waals surface area contributed by atoms with E-state index < -0.39 is 19.8 Å². The van der Waals surface area contributed by atoms with Gasteiger partial charge < -0.3 is 29.3 Å². The van der Waals surface area contributed by atoms with Crippen molar-refractivity contribution in [2.75, 3.05) is 43.2 Å². The van der Waals surface area contributed by atoms with E-state index in [4.69, 9.17) is 9.47 Å². The molecule has 2 fully saturated rings. The Morgan fingerprint density at radius 3 is 2.41 bits per heavy atom. The fourth-order valence-corrected chi connectivity index (χ4v) is 13.7. The number of anilines is 2. The van der Waals surface area contributed by atoms with Gasteiger partial charge in [-0.05, 0) is 87.9 Å².